The van der Waals surface area contributed by atoms with Gasteiger partial charge >= 0.3 is 5.97 Å². The lowest BCUT2D eigenvalue weighted by atomic mass is 9.42. The summed E-state index contributed by atoms with van der Waals surface area (Å²) < 4.78 is 5.60. The zero-order valence-electron chi connectivity index (χ0n) is 23.3. The van der Waals surface area contributed by atoms with Crippen molar-refractivity contribution in [1.29, 1.82) is 0 Å². The van der Waals surface area contributed by atoms with Gasteiger partial charge in [-0.15, -0.1) is 0 Å². The molecule has 5 unspecified atom stereocenters. The van der Waals surface area contributed by atoms with E-state index in [1.165, 1.54) is 26.2 Å². The van der Waals surface area contributed by atoms with Crippen molar-refractivity contribution in [2.45, 2.75) is 136 Å². The molecule has 5 heteroatoms. The van der Waals surface area contributed by atoms with Gasteiger partial charge in [0.05, 0.1) is 17.8 Å². The van der Waals surface area contributed by atoms with E-state index in [1.807, 2.05) is 13.8 Å². The maximum atomic E-state index is 11.7. The molecule has 0 aromatic carbocycles. The average molecular weight is 493 g/mol. The van der Waals surface area contributed by atoms with Gasteiger partial charge in [-0.2, -0.15) is 0 Å². The minimum absolute atomic E-state index is 0.208. The van der Waals surface area contributed by atoms with E-state index in [2.05, 4.69) is 27.7 Å². The second kappa shape index (κ2) is 9.27. The Hall–Kier alpha value is -0.650. The van der Waals surface area contributed by atoms with E-state index < -0.39 is 23.4 Å². The minimum atomic E-state index is -1.16. The Morgan fingerprint density at radius 3 is 2.37 bits per heavy atom. The number of aliphatic hydroxyl groups is 3. The van der Waals surface area contributed by atoms with Gasteiger partial charge in [0.25, 0.3) is 0 Å². The monoisotopic (exact) mass is 492 g/mol. The predicted molar refractivity (Wildman–Crippen MR) is 137 cm³/mol. The van der Waals surface area contributed by atoms with Crippen LogP contribution >= 0.6 is 0 Å². The number of carbonyl (C=O) groups is 1. The molecule has 0 spiro atoms. The first-order valence-corrected chi connectivity index (χ1v) is 14.4. The van der Waals surface area contributed by atoms with Gasteiger partial charge in [-0.1, -0.05) is 34.1 Å². The Balaban J connectivity index is 1.46. The first-order valence-electron chi connectivity index (χ1n) is 14.4. The second-order valence-corrected chi connectivity index (χ2v) is 14.2. The molecular formula is C30H52O5. The molecule has 4 aliphatic rings. The Bertz CT molecular complexity index is 796. The standard InChI is InChI=1S/C30H52O5/c1-18(8-9-19(2)27(4,5)35-20(3)31)23-10-11-24-22-16-26(33)30(34)17-21(32)12-15-29(30,7)25(22)13-14-28(23,24)6/h18-19,21-26,32-34H,8-17H2,1-7H3/t18-,19?,21+,22?,23?,24?,25?,26-,28-,29-,30+/m1/s1. The highest BCUT2D eigenvalue weighted by atomic mass is 16.6. The zero-order chi connectivity index (χ0) is 26.0. The zero-order valence-corrected chi connectivity index (χ0v) is 23.3. The molecule has 4 rings (SSSR count). The van der Waals surface area contributed by atoms with Crippen LogP contribution in [0.5, 0.6) is 0 Å². The normalized spacial score (nSPS) is 47.3. The third-order valence-corrected chi connectivity index (χ3v) is 12.2. The van der Waals surface area contributed by atoms with Crippen molar-refractivity contribution in [3.8, 4) is 0 Å². The predicted octanol–water partition coefficient (Wildman–Crippen LogP) is 5.49. The van der Waals surface area contributed by atoms with Gasteiger partial charge in [-0.25, -0.2) is 0 Å². The van der Waals surface area contributed by atoms with E-state index >= 15 is 0 Å². The molecule has 4 saturated carbocycles. The molecule has 0 aromatic rings. The van der Waals surface area contributed by atoms with Crippen LogP contribution in [0.15, 0.2) is 0 Å². The van der Waals surface area contributed by atoms with Gasteiger partial charge in [0.2, 0.25) is 0 Å². The van der Waals surface area contributed by atoms with Crippen molar-refractivity contribution in [2.24, 2.45) is 46.3 Å². The van der Waals surface area contributed by atoms with Crippen LogP contribution in [-0.4, -0.2) is 44.7 Å². The van der Waals surface area contributed by atoms with Crippen LogP contribution in [0, 0.1) is 46.3 Å². The van der Waals surface area contributed by atoms with Crippen LogP contribution in [0.1, 0.15) is 113 Å². The second-order valence-electron chi connectivity index (χ2n) is 14.2. The molecule has 0 aromatic heterocycles. The van der Waals surface area contributed by atoms with Crippen molar-refractivity contribution in [3.05, 3.63) is 0 Å². The SMILES string of the molecule is CC(=O)OC(C)(C)C(C)CC[C@@H](C)C1CCC2C3C[C@@H](O)[C@@]4(O)C[C@@H](O)CC[C@]4(C)C3CC[C@@]21C. The number of aliphatic hydroxyl groups excluding tert-OH is 2. The summed E-state index contributed by atoms with van der Waals surface area (Å²) in [7, 11) is 0. The first-order chi connectivity index (χ1) is 16.2. The Kier molecular flexibility index (Phi) is 7.26. The first kappa shape index (κ1) is 27.4. The maximum absolute atomic E-state index is 11.7. The van der Waals surface area contributed by atoms with E-state index in [1.54, 1.807) is 0 Å². The molecule has 0 aliphatic heterocycles. The Labute approximate surface area is 213 Å². The highest BCUT2D eigenvalue weighted by Crippen LogP contribution is 2.69. The summed E-state index contributed by atoms with van der Waals surface area (Å²) in [5, 5.41) is 33.2. The fraction of sp³-hybridized carbons (Fsp3) is 0.967. The van der Waals surface area contributed by atoms with E-state index in [-0.39, 0.29) is 16.8 Å². The summed E-state index contributed by atoms with van der Waals surface area (Å²) in [6.45, 7) is 14.9. The van der Waals surface area contributed by atoms with Gasteiger partial charge in [0, 0.05) is 18.8 Å². The minimum Gasteiger partial charge on any atom is -0.460 e. The highest BCUT2D eigenvalue weighted by Gasteiger charge is 2.67. The van der Waals surface area contributed by atoms with Gasteiger partial charge in [0.15, 0.2) is 0 Å². The summed E-state index contributed by atoms with van der Waals surface area (Å²) >= 11 is 0. The van der Waals surface area contributed by atoms with Crippen molar-refractivity contribution in [2.75, 3.05) is 0 Å². The summed E-state index contributed by atoms with van der Waals surface area (Å²) in [6, 6.07) is 0. The van der Waals surface area contributed by atoms with E-state index in [9.17, 15) is 20.1 Å². The lowest BCUT2D eigenvalue weighted by molar-refractivity contribution is -0.264. The molecule has 0 saturated heterocycles. The smallest absolute Gasteiger partial charge is 0.303 e. The number of ether oxygens (including phenoxy) is 1. The van der Waals surface area contributed by atoms with Gasteiger partial charge in [-0.3, -0.25) is 4.79 Å². The lowest BCUT2D eigenvalue weighted by Gasteiger charge is -2.65. The van der Waals surface area contributed by atoms with E-state index in [0.717, 1.165) is 32.1 Å². The fourth-order valence-corrected chi connectivity index (χ4v) is 9.77. The number of rotatable bonds is 6. The molecule has 3 N–H and O–H groups in total. The van der Waals surface area contributed by atoms with Crippen molar-refractivity contribution in [1.82, 2.24) is 0 Å². The van der Waals surface area contributed by atoms with Gasteiger partial charge in [-0.05, 0) is 106 Å². The van der Waals surface area contributed by atoms with E-state index in [4.69, 9.17) is 4.74 Å². The van der Waals surface area contributed by atoms with Crippen LogP contribution in [-0.2, 0) is 9.53 Å². The molecule has 4 aliphatic carbocycles. The molecule has 0 amide bonds. The Morgan fingerprint density at radius 1 is 1.03 bits per heavy atom. The van der Waals surface area contributed by atoms with Gasteiger partial charge < -0.3 is 20.1 Å². The fourth-order valence-electron chi connectivity index (χ4n) is 9.77. The summed E-state index contributed by atoms with van der Waals surface area (Å²) in [6.07, 6.45) is 8.29. The Morgan fingerprint density at radius 2 is 1.71 bits per heavy atom. The third kappa shape index (κ3) is 4.40. The van der Waals surface area contributed by atoms with Crippen molar-refractivity contribution in [3.63, 3.8) is 0 Å². The third-order valence-electron chi connectivity index (χ3n) is 12.2. The largest absolute Gasteiger partial charge is 0.460 e. The summed E-state index contributed by atoms with van der Waals surface area (Å²) in [4.78, 5) is 11.5. The van der Waals surface area contributed by atoms with Crippen molar-refractivity contribution >= 4 is 5.97 Å². The van der Waals surface area contributed by atoms with Crippen LogP contribution in [0.25, 0.3) is 0 Å². The maximum Gasteiger partial charge on any atom is 0.303 e. The molecule has 0 radical (unpaired) electrons. The quantitative estimate of drug-likeness (QED) is 0.427. The van der Waals surface area contributed by atoms with Crippen LogP contribution in [0.2, 0.25) is 0 Å². The topological polar surface area (TPSA) is 87.0 Å². The van der Waals surface area contributed by atoms with Gasteiger partial charge in [0.1, 0.15) is 5.60 Å². The highest BCUT2D eigenvalue weighted by molar-refractivity contribution is 5.66. The molecule has 0 bridgehead atoms. The average Bonchev–Trinajstić information content (AvgIpc) is 3.10. The molecule has 11 atom stereocenters. The summed E-state index contributed by atoms with van der Waals surface area (Å²) in [5.41, 5.74) is -1.62. The number of esters is 1. The molecule has 0 heterocycles. The van der Waals surface area contributed by atoms with Crippen LogP contribution in [0.4, 0.5) is 0 Å². The number of hydrogen-bond donors (Lipinski definition) is 3. The lowest BCUT2D eigenvalue weighted by Crippen LogP contribution is -2.68. The molecule has 35 heavy (non-hydrogen) atoms. The molecule has 5 nitrogen and oxygen atoms in total. The molecule has 202 valence electrons. The number of carbonyl (C=O) groups excluding carboxylic acids is 1. The van der Waals surface area contributed by atoms with Crippen molar-refractivity contribution < 1.29 is 24.9 Å². The summed E-state index contributed by atoms with van der Waals surface area (Å²) in [5.74, 6) is 2.89. The van der Waals surface area contributed by atoms with Crippen LogP contribution < -0.4 is 0 Å². The van der Waals surface area contributed by atoms with Crippen LogP contribution in [0.3, 0.4) is 0 Å². The molecule has 4 fully saturated rings. The molecular weight excluding hydrogens is 440 g/mol. The number of fused-ring (bicyclic) bond motifs is 5. The number of hydrogen-bond acceptors (Lipinski definition) is 5. The van der Waals surface area contributed by atoms with E-state index in [0.29, 0.717) is 48.3 Å².